The van der Waals surface area contributed by atoms with Crippen LogP contribution in [-0.2, 0) is 11.2 Å². The van der Waals surface area contributed by atoms with Crippen LogP contribution >= 0.6 is 0 Å². The van der Waals surface area contributed by atoms with Gasteiger partial charge in [0.1, 0.15) is 11.6 Å². The van der Waals surface area contributed by atoms with Crippen LogP contribution < -0.4 is 4.90 Å². The number of benzene rings is 2. The molecule has 0 radical (unpaired) electrons. The van der Waals surface area contributed by atoms with Gasteiger partial charge in [-0.3, -0.25) is 4.79 Å². The molecule has 1 heterocycles. The Morgan fingerprint density at radius 1 is 1.13 bits per heavy atom. The molecule has 0 fully saturated rings. The highest BCUT2D eigenvalue weighted by Crippen LogP contribution is 2.31. The topological polar surface area (TPSA) is 46.6 Å². The summed E-state index contributed by atoms with van der Waals surface area (Å²) in [7, 11) is 1.29. The Morgan fingerprint density at radius 3 is 2.65 bits per heavy atom. The number of nitrogens with zero attached hydrogens (tertiary/aromatic N) is 1. The molecule has 3 rings (SSSR count). The first-order valence-electron chi connectivity index (χ1n) is 6.99. The van der Waals surface area contributed by atoms with Crippen molar-refractivity contribution >= 4 is 17.6 Å². The molecule has 1 aliphatic rings. The van der Waals surface area contributed by atoms with Gasteiger partial charge >= 0.3 is 5.97 Å². The number of anilines is 1. The Bertz CT molecular complexity index is 804. The first-order valence-corrected chi connectivity index (χ1v) is 6.99. The summed E-state index contributed by atoms with van der Waals surface area (Å²) in [4.78, 5) is 25.4. The van der Waals surface area contributed by atoms with Crippen LogP contribution in [0.15, 0.2) is 36.4 Å². The minimum atomic E-state index is -0.768. The Kier molecular flexibility index (Phi) is 3.82. The van der Waals surface area contributed by atoms with Gasteiger partial charge in [-0.25, -0.2) is 13.6 Å². The van der Waals surface area contributed by atoms with Crippen LogP contribution in [0.25, 0.3) is 0 Å². The molecule has 6 heteroatoms. The molecule has 0 spiro atoms. The molecule has 2 aromatic carbocycles. The predicted octanol–water partition coefficient (Wildman–Crippen LogP) is 2.95. The van der Waals surface area contributed by atoms with E-state index < -0.39 is 23.5 Å². The van der Waals surface area contributed by atoms with Gasteiger partial charge in [-0.1, -0.05) is 0 Å². The molecule has 0 unspecified atom stereocenters. The fourth-order valence-electron chi connectivity index (χ4n) is 2.66. The number of rotatable bonds is 2. The number of amides is 1. The summed E-state index contributed by atoms with van der Waals surface area (Å²) in [6, 6.07) is 7.59. The predicted molar refractivity (Wildman–Crippen MR) is 79.5 cm³/mol. The van der Waals surface area contributed by atoms with Crippen LogP contribution in [0.2, 0.25) is 0 Å². The first kappa shape index (κ1) is 15.1. The van der Waals surface area contributed by atoms with Gasteiger partial charge in [-0.05, 0) is 48.4 Å². The van der Waals surface area contributed by atoms with Crippen molar-refractivity contribution in [2.45, 2.75) is 6.42 Å². The van der Waals surface area contributed by atoms with Crippen molar-refractivity contribution in [2.75, 3.05) is 18.6 Å². The SMILES string of the molecule is COC(=O)c1ccc2c(c1)CCN2C(=O)c1cc(F)ccc1F. The second-order valence-electron chi connectivity index (χ2n) is 5.17. The Balaban J connectivity index is 1.95. The van der Waals surface area contributed by atoms with E-state index in [1.807, 2.05) is 0 Å². The minimum absolute atomic E-state index is 0.310. The third kappa shape index (κ3) is 2.67. The molecule has 0 N–H and O–H groups in total. The average Bonchev–Trinajstić information content (AvgIpc) is 2.98. The van der Waals surface area contributed by atoms with Crippen molar-refractivity contribution in [3.63, 3.8) is 0 Å². The standard InChI is InChI=1S/C17H13F2NO3/c1-23-17(22)11-2-5-15-10(8-11)6-7-20(15)16(21)13-9-12(18)3-4-14(13)19/h2-5,8-9H,6-7H2,1H3. The zero-order valence-electron chi connectivity index (χ0n) is 12.3. The fraction of sp³-hybridized carbons (Fsp3) is 0.176. The van der Waals surface area contributed by atoms with Gasteiger partial charge < -0.3 is 9.64 Å². The lowest BCUT2D eigenvalue weighted by atomic mass is 10.1. The highest BCUT2D eigenvalue weighted by atomic mass is 19.1. The lowest BCUT2D eigenvalue weighted by Crippen LogP contribution is -2.29. The number of ether oxygens (including phenoxy) is 1. The Hall–Kier alpha value is -2.76. The average molecular weight is 317 g/mol. The summed E-state index contributed by atoms with van der Waals surface area (Å²) >= 11 is 0. The molecule has 0 bridgehead atoms. The molecule has 1 aliphatic heterocycles. The van der Waals surface area contributed by atoms with Crippen molar-refractivity contribution in [1.82, 2.24) is 0 Å². The summed E-state index contributed by atoms with van der Waals surface area (Å²) in [6.07, 6.45) is 0.531. The molecule has 23 heavy (non-hydrogen) atoms. The van der Waals surface area contributed by atoms with Crippen LogP contribution in [0.5, 0.6) is 0 Å². The van der Waals surface area contributed by atoms with Gasteiger partial charge in [-0.2, -0.15) is 0 Å². The van der Waals surface area contributed by atoms with E-state index >= 15 is 0 Å². The van der Waals surface area contributed by atoms with Crippen LogP contribution in [-0.4, -0.2) is 25.5 Å². The summed E-state index contributed by atoms with van der Waals surface area (Å²) in [5, 5.41) is 0. The molecule has 0 atom stereocenters. The maximum atomic E-state index is 13.8. The largest absolute Gasteiger partial charge is 0.465 e. The van der Waals surface area contributed by atoms with Gasteiger partial charge in [0.05, 0.1) is 18.2 Å². The first-order chi connectivity index (χ1) is 11.0. The zero-order chi connectivity index (χ0) is 16.6. The normalized spacial score (nSPS) is 12.9. The molecule has 0 saturated carbocycles. The molecular weight excluding hydrogens is 304 g/mol. The van der Waals surface area contributed by atoms with Gasteiger partial charge in [0.15, 0.2) is 0 Å². The number of hydrogen-bond donors (Lipinski definition) is 0. The quantitative estimate of drug-likeness (QED) is 0.800. The van der Waals surface area contributed by atoms with Crippen molar-refractivity contribution in [1.29, 1.82) is 0 Å². The number of halogens is 2. The number of hydrogen-bond acceptors (Lipinski definition) is 3. The van der Waals surface area contributed by atoms with Crippen LogP contribution in [0, 0.1) is 11.6 Å². The van der Waals surface area contributed by atoms with E-state index in [0.717, 1.165) is 23.8 Å². The molecule has 2 aromatic rings. The number of fused-ring (bicyclic) bond motifs is 1. The summed E-state index contributed by atoms with van der Waals surface area (Å²) in [5.41, 5.74) is 1.46. The molecule has 4 nitrogen and oxygen atoms in total. The summed E-state index contributed by atoms with van der Waals surface area (Å²) in [5.74, 6) is -2.51. The van der Waals surface area contributed by atoms with Crippen LogP contribution in [0.4, 0.5) is 14.5 Å². The van der Waals surface area contributed by atoms with Gasteiger partial charge in [-0.15, -0.1) is 0 Å². The number of methoxy groups -OCH3 is 1. The summed E-state index contributed by atoms with van der Waals surface area (Å²) in [6.45, 7) is 0.342. The molecule has 0 saturated heterocycles. The monoisotopic (exact) mass is 317 g/mol. The van der Waals surface area contributed by atoms with E-state index in [-0.39, 0.29) is 5.56 Å². The second kappa shape index (κ2) is 5.79. The highest BCUT2D eigenvalue weighted by molar-refractivity contribution is 6.07. The second-order valence-corrected chi connectivity index (χ2v) is 5.17. The Morgan fingerprint density at radius 2 is 1.91 bits per heavy atom. The van der Waals surface area contributed by atoms with E-state index in [0.29, 0.717) is 24.2 Å². The smallest absolute Gasteiger partial charge is 0.337 e. The summed E-state index contributed by atoms with van der Waals surface area (Å²) < 4.78 is 31.7. The van der Waals surface area contributed by atoms with E-state index in [1.165, 1.54) is 18.1 Å². The van der Waals surface area contributed by atoms with Crippen molar-refractivity contribution in [2.24, 2.45) is 0 Å². The maximum Gasteiger partial charge on any atom is 0.337 e. The highest BCUT2D eigenvalue weighted by Gasteiger charge is 2.28. The van der Waals surface area contributed by atoms with E-state index in [4.69, 9.17) is 0 Å². The van der Waals surface area contributed by atoms with Crippen LogP contribution in [0.1, 0.15) is 26.3 Å². The zero-order valence-corrected chi connectivity index (χ0v) is 12.3. The lowest BCUT2D eigenvalue weighted by Gasteiger charge is -2.18. The lowest BCUT2D eigenvalue weighted by molar-refractivity contribution is 0.0600. The molecule has 118 valence electrons. The Labute approximate surface area is 131 Å². The van der Waals surface area contributed by atoms with Crippen molar-refractivity contribution in [3.05, 3.63) is 64.7 Å². The molecule has 0 aromatic heterocycles. The maximum absolute atomic E-state index is 13.8. The number of carbonyl (C=O) groups is 2. The van der Waals surface area contributed by atoms with Crippen molar-refractivity contribution in [3.8, 4) is 0 Å². The van der Waals surface area contributed by atoms with Crippen LogP contribution in [0.3, 0.4) is 0 Å². The molecule has 0 aliphatic carbocycles. The number of carbonyl (C=O) groups excluding carboxylic acids is 2. The molecular formula is C17H13F2NO3. The fourth-order valence-corrected chi connectivity index (χ4v) is 2.66. The third-order valence-electron chi connectivity index (χ3n) is 3.80. The van der Waals surface area contributed by atoms with E-state index in [9.17, 15) is 18.4 Å². The number of esters is 1. The van der Waals surface area contributed by atoms with Gasteiger partial charge in [0.2, 0.25) is 0 Å². The van der Waals surface area contributed by atoms with E-state index in [1.54, 1.807) is 12.1 Å². The molecule has 1 amide bonds. The van der Waals surface area contributed by atoms with Gasteiger partial charge in [0, 0.05) is 12.2 Å². The minimum Gasteiger partial charge on any atom is -0.465 e. The van der Waals surface area contributed by atoms with Crippen molar-refractivity contribution < 1.29 is 23.1 Å². The third-order valence-corrected chi connectivity index (χ3v) is 3.80. The van der Waals surface area contributed by atoms with E-state index in [2.05, 4.69) is 4.74 Å². The van der Waals surface area contributed by atoms with Gasteiger partial charge in [0.25, 0.3) is 5.91 Å².